The first-order valence-corrected chi connectivity index (χ1v) is 8.84. The number of carbonyl (C=O) groups excluding carboxylic acids is 1. The Morgan fingerprint density at radius 1 is 0.923 bits per heavy atom. The minimum Gasteiger partial charge on any atom is -0.306 e. The van der Waals surface area contributed by atoms with Crippen molar-refractivity contribution in [1.29, 1.82) is 0 Å². The number of rotatable bonds is 3. The average molecular weight is 361 g/mol. The average Bonchev–Trinajstić information content (AvgIpc) is 2.80. The van der Waals surface area contributed by atoms with Crippen LogP contribution in [0.5, 0.6) is 0 Å². The first-order chi connectivity index (χ1) is 12.7. The molecule has 0 spiro atoms. The molecule has 0 radical (unpaired) electrons. The maximum absolute atomic E-state index is 12.8. The van der Waals surface area contributed by atoms with Gasteiger partial charge in [0.1, 0.15) is 6.54 Å². The van der Waals surface area contributed by atoms with Gasteiger partial charge < -0.3 is 4.90 Å². The predicted octanol–water partition coefficient (Wildman–Crippen LogP) is 4.72. The number of para-hydroxylation sites is 1. The van der Waals surface area contributed by atoms with Crippen LogP contribution in [0.2, 0.25) is 5.02 Å². The highest BCUT2D eigenvalue weighted by molar-refractivity contribution is 6.30. The number of halogens is 1. The van der Waals surface area contributed by atoms with Crippen molar-refractivity contribution in [2.75, 3.05) is 11.4 Å². The van der Waals surface area contributed by atoms with Crippen LogP contribution in [0.4, 0.5) is 5.69 Å². The van der Waals surface area contributed by atoms with E-state index in [2.05, 4.69) is 4.99 Å². The standard InChI is InChI=1S/C22H17ClN2O/c23-18-10-6-7-16(13-18)15-25-20-12-5-4-11-19(20)22(24-14-21(25)26)17-8-2-1-3-9-17/h1-13H,14-15H2. The number of hydrogen-bond donors (Lipinski definition) is 0. The lowest BCUT2D eigenvalue weighted by atomic mass is 10.00. The molecule has 26 heavy (non-hydrogen) atoms. The number of amides is 1. The summed E-state index contributed by atoms with van der Waals surface area (Å²) in [5.74, 6) is -0.0247. The predicted molar refractivity (Wildman–Crippen MR) is 106 cm³/mol. The van der Waals surface area contributed by atoms with Gasteiger partial charge in [-0.15, -0.1) is 0 Å². The molecule has 1 aliphatic rings. The summed E-state index contributed by atoms with van der Waals surface area (Å²) in [7, 11) is 0. The van der Waals surface area contributed by atoms with Crippen LogP contribution in [0.15, 0.2) is 83.9 Å². The zero-order valence-electron chi connectivity index (χ0n) is 14.1. The van der Waals surface area contributed by atoms with Crippen LogP contribution in [0.25, 0.3) is 0 Å². The Hall–Kier alpha value is -2.91. The summed E-state index contributed by atoms with van der Waals surface area (Å²) in [6.07, 6.45) is 0. The van der Waals surface area contributed by atoms with Gasteiger partial charge in [0.05, 0.1) is 17.9 Å². The quantitative estimate of drug-likeness (QED) is 0.665. The molecule has 0 saturated heterocycles. The Morgan fingerprint density at radius 2 is 1.69 bits per heavy atom. The van der Waals surface area contributed by atoms with Crippen molar-refractivity contribution in [2.24, 2.45) is 4.99 Å². The maximum atomic E-state index is 12.8. The Bertz CT molecular complexity index is 982. The van der Waals surface area contributed by atoms with Gasteiger partial charge in [-0.1, -0.05) is 72.3 Å². The molecule has 0 aliphatic carbocycles. The molecule has 4 heteroatoms. The molecular weight excluding hydrogens is 344 g/mol. The number of nitrogens with zero attached hydrogens (tertiary/aromatic N) is 2. The van der Waals surface area contributed by atoms with Gasteiger partial charge in [-0.3, -0.25) is 9.79 Å². The Labute approximate surface area is 157 Å². The highest BCUT2D eigenvalue weighted by Crippen LogP contribution is 2.28. The second kappa shape index (κ2) is 7.14. The van der Waals surface area contributed by atoms with Gasteiger partial charge in [-0.2, -0.15) is 0 Å². The van der Waals surface area contributed by atoms with E-state index in [0.717, 1.165) is 28.1 Å². The van der Waals surface area contributed by atoms with Gasteiger partial charge in [-0.25, -0.2) is 0 Å². The number of benzodiazepines with no additional fused rings is 1. The van der Waals surface area contributed by atoms with Gasteiger partial charge >= 0.3 is 0 Å². The monoisotopic (exact) mass is 360 g/mol. The van der Waals surface area contributed by atoms with E-state index >= 15 is 0 Å². The highest BCUT2D eigenvalue weighted by atomic mass is 35.5. The molecule has 0 bridgehead atoms. The highest BCUT2D eigenvalue weighted by Gasteiger charge is 2.24. The molecule has 1 heterocycles. The molecule has 3 aromatic rings. The van der Waals surface area contributed by atoms with Crippen molar-refractivity contribution in [3.05, 3.63) is 101 Å². The molecule has 1 aliphatic heterocycles. The van der Waals surface area contributed by atoms with Crippen LogP contribution < -0.4 is 4.90 Å². The zero-order valence-corrected chi connectivity index (χ0v) is 14.9. The van der Waals surface area contributed by atoms with Crippen molar-refractivity contribution < 1.29 is 4.79 Å². The van der Waals surface area contributed by atoms with Crippen molar-refractivity contribution in [2.45, 2.75) is 6.54 Å². The fraction of sp³-hybridized carbons (Fsp3) is 0.0909. The number of fused-ring (bicyclic) bond motifs is 1. The van der Waals surface area contributed by atoms with E-state index in [1.165, 1.54) is 0 Å². The number of carbonyl (C=O) groups is 1. The molecule has 1 amide bonds. The van der Waals surface area contributed by atoms with E-state index in [4.69, 9.17) is 11.6 Å². The third-order valence-electron chi connectivity index (χ3n) is 4.40. The molecule has 3 aromatic carbocycles. The molecule has 0 saturated carbocycles. The number of anilines is 1. The summed E-state index contributed by atoms with van der Waals surface area (Å²) < 4.78 is 0. The van der Waals surface area contributed by atoms with Gasteiger partial charge in [-0.05, 0) is 23.8 Å². The molecule has 3 nitrogen and oxygen atoms in total. The van der Waals surface area contributed by atoms with Crippen LogP contribution in [-0.2, 0) is 11.3 Å². The van der Waals surface area contributed by atoms with Crippen molar-refractivity contribution in [1.82, 2.24) is 0 Å². The van der Waals surface area contributed by atoms with E-state index in [1.54, 1.807) is 4.90 Å². The molecule has 0 aromatic heterocycles. The minimum atomic E-state index is -0.0247. The fourth-order valence-electron chi connectivity index (χ4n) is 3.19. The third-order valence-corrected chi connectivity index (χ3v) is 4.64. The molecular formula is C22H17ClN2O. The van der Waals surface area contributed by atoms with Crippen molar-refractivity contribution >= 4 is 28.9 Å². The van der Waals surface area contributed by atoms with Gasteiger partial charge in [0, 0.05) is 16.1 Å². The normalized spacial score (nSPS) is 13.8. The second-order valence-corrected chi connectivity index (χ2v) is 6.59. The summed E-state index contributed by atoms with van der Waals surface area (Å²) in [5, 5.41) is 0.666. The van der Waals surface area contributed by atoms with Gasteiger partial charge in [0.25, 0.3) is 0 Å². The molecule has 0 unspecified atom stereocenters. The van der Waals surface area contributed by atoms with E-state index in [9.17, 15) is 4.79 Å². The summed E-state index contributed by atoms with van der Waals surface area (Å²) in [6, 6.07) is 25.5. The van der Waals surface area contributed by atoms with Crippen LogP contribution >= 0.6 is 11.6 Å². The van der Waals surface area contributed by atoms with Crippen molar-refractivity contribution in [3.63, 3.8) is 0 Å². The van der Waals surface area contributed by atoms with Crippen molar-refractivity contribution in [3.8, 4) is 0 Å². The molecule has 0 atom stereocenters. The van der Waals surface area contributed by atoms with E-state index in [-0.39, 0.29) is 12.5 Å². The third kappa shape index (κ3) is 3.26. The zero-order chi connectivity index (χ0) is 17.9. The lowest BCUT2D eigenvalue weighted by Crippen LogP contribution is -2.31. The largest absolute Gasteiger partial charge is 0.306 e. The smallest absolute Gasteiger partial charge is 0.248 e. The lowest BCUT2D eigenvalue weighted by Gasteiger charge is -2.23. The van der Waals surface area contributed by atoms with Crippen LogP contribution in [-0.4, -0.2) is 18.2 Å². The van der Waals surface area contributed by atoms with Gasteiger partial charge in [0.15, 0.2) is 0 Å². The number of hydrogen-bond acceptors (Lipinski definition) is 2. The Morgan fingerprint density at radius 3 is 2.50 bits per heavy atom. The van der Waals surface area contributed by atoms with Crippen LogP contribution in [0, 0.1) is 0 Å². The van der Waals surface area contributed by atoms with Gasteiger partial charge in [0.2, 0.25) is 5.91 Å². The van der Waals surface area contributed by atoms with E-state index < -0.39 is 0 Å². The maximum Gasteiger partial charge on any atom is 0.248 e. The Balaban J connectivity index is 1.78. The lowest BCUT2D eigenvalue weighted by molar-refractivity contribution is -0.117. The first-order valence-electron chi connectivity index (χ1n) is 8.46. The van der Waals surface area contributed by atoms with E-state index in [1.807, 2.05) is 78.9 Å². The van der Waals surface area contributed by atoms with Crippen LogP contribution in [0.3, 0.4) is 0 Å². The van der Waals surface area contributed by atoms with E-state index in [0.29, 0.717) is 11.6 Å². The SMILES string of the molecule is O=C1CN=C(c2ccccc2)c2ccccc2N1Cc1cccc(Cl)c1. The number of benzene rings is 3. The molecule has 0 fully saturated rings. The van der Waals surface area contributed by atoms with Crippen LogP contribution in [0.1, 0.15) is 16.7 Å². The summed E-state index contributed by atoms with van der Waals surface area (Å²) in [6.45, 7) is 0.591. The Kier molecular flexibility index (Phi) is 4.55. The molecule has 128 valence electrons. The summed E-state index contributed by atoms with van der Waals surface area (Å²) >= 11 is 6.11. The summed E-state index contributed by atoms with van der Waals surface area (Å²) in [4.78, 5) is 19.2. The second-order valence-electron chi connectivity index (χ2n) is 6.16. The first kappa shape index (κ1) is 16.6. The number of aliphatic imine (C=N–C) groups is 1. The molecule has 0 N–H and O–H groups in total. The fourth-order valence-corrected chi connectivity index (χ4v) is 3.41. The minimum absolute atomic E-state index is 0.0247. The molecule has 4 rings (SSSR count). The topological polar surface area (TPSA) is 32.7 Å². The summed E-state index contributed by atoms with van der Waals surface area (Å²) in [5.41, 5.74) is 4.69.